The van der Waals surface area contributed by atoms with E-state index in [0.29, 0.717) is 29.8 Å². The van der Waals surface area contributed by atoms with Gasteiger partial charge < -0.3 is 15.2 Å². The van der Waals surface area contributed by atoms with Gasteiger partial charge in [0.25, 0.3) is 11.8 Å². The number of amides is 4. The van der Waals surface area contributed by atoms with Crippen molar-refractivity contribution >= 4 is 35.1 Å². The van der Waals surface area contributed by atoms with Gasteiger partial charge in [0.15, 0.2) is 0 Å². The number of hydrogen-bond donors (Lipinski definition) is 3. The Hall–Kier alpha value is -5.06. The second-order valence-electron chi connectivity index (χ2n) is 10.0. The highest BCUT2D eigenvalue weighted by molar-refractivity contribution is 6.23. The number of nitrogens with zero attached hydrogens (tertiary/aromatic N) is 2. The maximum Gasteiger partial charge on any atom is 0.262 e. The lowest BCUT2D eigenvalue weighted by atomic mass is 9.89. The van der Waals surface area contributed by atoms with E-state index in [0.717, 1.165) is 4.90 Å². The maximum atomic E-state index is 13.0. The molecule has 1 aliphatic carbocycles. The van der Waals surface area contributed by atoms with Gasteiger partial charge in [-0.1, -0.05) is 0 Å². The lowest BCUT2D eigenvalue weighted by Crippen LogP contribution is -2.54. The number of hydrogen-bond acceptors (Lipinski definition) is 9. The van der Waals surface area contributed by atoms with E-state index in [1.165, 1.54) is 30.5 Å². The van der Waals surface area contributed by atoms with Crippen molar-refractivity contribution in [1.29, 1.82) is 0 Å². The van der Waals surface area contributed by atoms with Gasteiger partial charge in [0, 0.05) is 36.6 Å². The Kier molecular flexibility index (Phi) is 6.25. The first-order valence-corrected chi connectivity index (χ1v) is 12.9. The molecule has 1 atom stereocenters. The number of carbonyl (C=O) groups is 5. The van der Waals surface area contributed by atoms with Crippen LogP contribution < -0.4 is 15.4 Å². The predicted octanol–water partition coefficient (Wildman–Crippen LogP) is 2.44. The summed E-state index contributed by atoms with van der Waals surface area (Å²) in [4.78, 5) is 67.3. The van der Waals surface area contributed by atoms with Gasteiger partial charge in [-0.25, -0.2) is 4.98 Å². The summed E-state index contributed by atoms with van der Waals surface area (Å²) in [7, 11) is 0. The normalized spacial score (nSPS) is 21.9. The summed E-state index contributed by atoms with van der Waals surface area (Å²) < 4.78 is 5.96. The number of imide groups is 2. The first-order valence-electron chi connectivity index (χ1n) is 12.9. The lowest BCUT2D eigenvalue weighted by Gasteiger charge is -2.36. The Labute approximate surface area is 228 Å². The average molecular weight is 541 g/mol. The van der Waals surface area contributed by atoms with Crippen LogP contribution in [-0.4, -0.2) is 62.6 Å². The van der Waals surface area contributed by atoms with Crippen molar-refractivity contribution < 1.29 is 33.8 Å². The van der Waals surface area contributed by atoms with Crippen molar-refractivity contribution in [3.05, 3.63) is 83.2 Å². The molecule has 202 valence electrons. The number of rotatable bonds is 7. The van der Waals surface area contributed by atoms with E-state index < -0.39 is 29.7 Å². The number of phenolic OH excluding ortho intramolecular Hbond substituents is 1. The number of carbonyl (C=O) groups excluding carboxylic acids is 5. The first-order chi connectivity index (χ1) is 19.3. The van der Waals surface area contributed by atoms with Gasteiger partial charge in [0.2, 0.25) is 17.6 Å². The summed E-state index contributed by atoms with van der Waals surface area (Å²) in [5.41, 5.74) is 1.82. The third-order valence-corrected chi connectivity index (χ3v) is 7.31. The molecule has 3 aromatic rings. The van der Waals surface area contributed by atoms with E-state index in [1.54, 1.807) is 30.3 Å². The molecular formula is C29H24N4O7. The molecule has 1 unspecified atom stereocenters. The monoisotopic (exact) mass is 540 g/mol. The summed E-state index contributed by atoms with van der Waals surface area (Å²) in [5.74, 6) is -1.78. The number of ether oxygens (including phenoxy) is 1. The zero-order chi connectivity index (χ0) is 28.0. The van der Waals surface area contributed by atoms with Gasteiger partial charge in [-0.3, -0.25) is 34.2 Å². The highest BCUT2D eigenvalue weighted by Crippen LogP contribution is 2.32. The van der Waals surface area contributed by atoms with Crippen LogP contribution in [0.3, 0.4) is 0 Å². The van der Waals surface area contributed by atoms with E-state index >= 15 is 0 Å². The summed E-state index contributed by atoms with van der Waals surface area (Å²) in [5, 5.41) is 14.9. The largest absolute Gasteiger partial charge is 0.508 e. The molecule has 3 aliphatic rings. The predicted molar refractivity (Wildman–Crippen MR) is 140 cm³/mol. The number of phenols is 1. The Bertz CT molecular complexity index is 1550. The summed E-state index contributed by atoms with van der Waals surface area (Å²) in [6, 6.07) is 13.3. The molecule has 0 radical (unpaired) electrons. The van der Waals surface area contributed by atoms with Crippen LogP contribution in [0.4, 0.5) is 5.69 Å². The highest BCUT2D eigenvalue weighted by atomic mass is 16.5. The average Bonchev–Trinajstić information content (AvgIpc) is 3.17. The van der Waals surface area contributed by atoms with Crippen molar-refractivity contribution in [1.82, 2.24) is 15.2 Å². The number of aromatic nitrogens is 1. The number of nitrogens with one attached hydrogen (secondary N) is 2. The maximum absolute atomic E-state index is 13.0. The number of benzene rings is 2. The SMILES string of the molecule is O=C1CCC(N2C(=O)c3ccc(NC4CC(Oc5ccc(C(=O)c6ccc(O)cc6)nc5)C4)cc3C2=O)C(=O)N1. The Balaban J connectivity index is 1.03. The van der Waals surface area contributed by atoms with Crippen LogP contribution in [0.5, 0.6) is 11.5 Å². The molecule has 0 bridgehead atoms. The van der Waals surface area contributed by atoms with Crippen molar-refractivity contribution in [3.63, 3.8) is 0 Å². The topological polar surface area (TPSA) is 155 Å². The standard InChI is InChI=1S/C29H24N4O7/c34-18-4-1-15(2-5-18)26(36)23-8-6-19(14-30-23)40-20-11-17(12-20)31-16-3-7-21-22(13-16)29(39)33(28(21)38)24-9-10-25(35)32-27(24)37/h1-8,13-14,17,20,24,31,34H,9-12H2,(H,32,35,37). The van der Waals surface area contributed by atoms with E-state index in [4.69, 9.17) is 4.74 Å². The van der Waals surface area contributed by atoms with Gasteiger partial charge in [0.05, 0.1) is 17.3 Å². The molecule has 11 heteroatoms. The number of pyridine rings is 1. The van der Waals surface area contributed by atoms with E-state index in [2.05, 4.69) is 15.6 Å². The molecule has 1 aromatic heterocycles. The fraction of sp³-hybridized carbons (Fsp3) is 0.241. The van der Waals surface area contributed by atoms with Gasteiger partial charge >= 0.3 is 0 Å². The molecule has 6 rings (SSSR count). The summed E-state index contributed by atoms with van der Waals surface area (Å²) in [6.07, 6.45) is 3.02. The molecule has 3 heterocycles. The minimum atomic E-state index is -1.000. The third-order valence-electron chi connectivity index (χ3n) is 7.31. The molecule has 2 aromatic carbocycles. The van der Waals surface area contributed by atoms with Crippen LogP contribution in [-0.2, 0) is 9.59 Å². The molecule has 11 nitrogen and oxygen atoms in total. The van der Waals surface area contributed by atoms with Crippen LogP contribution in [0.25, 0.3) is 0 Å². The number of anilines is 1. The fourth-order valence-corrected chi connectivity index (χ4v) is 5.11. The van der Waals surface area contributed by atoms with Gasteiger partial charge in [-0.05, 0) is 61.0 Å². The Morgan fingerprint density at radius 1 is 0.975 bits per heavy atom. The molecule has 4 amide bonds. The van der Waals surface area contributed by atoms with Gasteiger partial charge in [-0.2, -0.15) is 0 Å². The van der Waals surface area contributed by atoms with Crippen LogP contribution >= 0.6 is 0 Å². The number of fused-ring (bicyclic) bond motifs is 1. The summed E-state index contributed by atoms with van der Waals surface area (Å²) in [6.45, 7) is 0. The van der Waals surface area contributed by atoms with Crippen LogP contribution in [0.15, 0.2) is 60.8 Å². The molecule has 3 N–H and O–H groups in total. The second kappa shape index (κ2) is 9.92. The van der Waals surface area contributed by atoms with Gasteiger partial charge in [0.1, 0.15) is 29.3 Å². The van der Waals surface area contributed by atoms with E-state index in [9.17, 15) is 29.1 Å². The molecule has 2 fully saturated rings. The Morgan fingerprint density at radius 3 is 2.42 bits per heavy atom. The van der Waals surface area contributed by atoms with Gasteiger partial charge in [-0.15, -0.1) is 0 Å². The minimum Gasteiger partial charge on any atom is -0.508 e. The highest BCUT2D eigenvalue weighted by Gasteiger charge is 2.44. The van der Waals surface area contributed by atoms with Crippen molar-refractivity contribution in [2.75, 3.05) is 5.32 Å². The summed E-state index contributed by atoms with van der Waals surface area (Å²) >= 11 is 0. The number of aromatic hydroxyl groups is 1. The fourth-order valence-electron chi connectivity index (χ4n) is 5.11. The first kappa shape index (κ1) is 25.2. The number of piperidine rings is 1. The second-order valence-corrected chi connectivity index (χ2v) is 10.0. The minimum absolute atomic E-state index is 0.0568. The van der Waals surface area contributed by atoms with E-state index in [1.807, 2.05) is 0 Å². The lowest BCUT2D eigenvalue weighted by molar-refractivity contribution is -0.136. The smallest absolute Gasteiger partial charge is 0.262 e. The van der Waals surface area contributed by atoms with E-state index in [-0.39, 0.29) is 53.3 Å². The molecular weight excluding hydrogens is 516 g/mol. The third kappa shape index (κ3) is 4.66. The zero-order valence-electron chi connectivity index (χ0n) is 21.1. The molecule has 1 saturated carbocycles. The zero-order valence-corrected chi connectivity index (χ0v) is 21.1. The molecule has 40 heavy (non-hydrogen) atoms. The van der Waals surface area contributed by atoms with Crippen molar-refractivity contribution in [2.24, 2.45) is 0 Å². The van der Waals surface area contributed by atoms with Crippen molar-refractivity contribution in [2.45, 2.75) is 43.9 Å². The van der Waals surface area contributed by atoms with Crippen LogP contribution in [0, 0.1) is 0 Å². The van der Waals surface area contributed by atoms with Crippen LogP contribution in [0.1, 0.15) is 62.5 Å². The molecule has 2 aliphatic heterocycles. The van der Waals surface area contributed by atoms with Crippen LogP contribution in [0.2, 0.25) is 0 Å². The van der Waals surface area contributed by atoms with Crippen molar-refractivity contribution in [3.8, 4) is 11.5 Å². The quantitative estimate of drug-likeness (QED) is 0.303. The number of ketones is 1. The molecule has 0 spiro atoms. The molecule has 1 saturated heterocycles. The Morgan fingerprint density at radius 2 is 1.73 bits per heavy atom.